The summed E-state index contributed by atoms with van der Waals surface area (Å²) in [5, 5.41) is 4.18. The standard InChI is InChI=1S/C12H18OS/c1-10(2)3-5-12(13)6-4-11-7-8-14-9-11/h7-10H,3-6H2,1-2H3. The molecule has 0 saturated carbocycles. The summed E-state index contributed by atoms with van der Waals surface area (Å²) in [6.45, 7) is 4.32. The monoisotopic (exact) mass is 210 g/mol. The van der Waals surface area contributed by atoms with Gasteiger partial charge in [0.25, 0.3) is 0 Å². The number of carbonyl (C=O) groups excluding carboxylic acids is 1. The third kappa shape index (κ3) is 4.56. The van der Waals surface area contributed by atoms with Crippen molar-refractivity contribution in [2.75, 3.05) is 0 Å². The Kier molecular flexibility index (Phi) is 4.88. The number of rotatable bonds is 6. The molecule has 1 aromatic rings. The van der Waals surface area contributed by atoms with Crippen molar-refractivity contribution < 1.29 is 4.79 Å². The van der Waals surface area contributed by atoms with Crippen molar-refractivity contribution in [3.63, 3.8) is 0 Å². The van der Waals surface area contributed by atoms with Crippen LogP contribution in [0.2, 0.25) is 0 Å². The smallest absolute Gasteiger partial charge is 0.133 e. The number of hydrogen-bond acceptors (Lipinski definition) is 2. The van der Waals surface area contributed by atoms with Crippen LogP contribution >= 0.6 is 11.3 Å². The summed E-state index contributed by atoms with van der Waals surface area (Å²) in [5.41, 5.74) is 1.30. The second kappa shape index (κ2) is 5.97. The van der Waals surface area contributed by atoms with E-state index < -0.39 is 0 Å². The van der Waals surface area contributed by atoms with Crippen molar-refractivity contribution in [1.29, 1.82) is 0 Å². The van der Waals surface area contributed by atoms with Gasteiger partial charge in [-0.15, -0.1) is 0 Å². The molecular formula is C12H18OS. The van der Waals surface area contributed by atoms with Gasteiger partial charge in [0, 0.05) is 12.8 Å². The molecular weight excluding hydrogens is 192 g/mol. The molecule has 2 heteroatoms. The van der Waals surface area contributed by atoms with E-state index in [1.165, 1.54) is 5.56 Å². The Morgan fingerprint density at radius 2 is 2.21 bits per heavy atom. The molecule has 0 aliphatic carbocycles. The molecule has 0 amide bonds. The summed E-state index contributed by atoms with van der Waals surface area (Å²) in [6.07, 6.45) is 3.41. The zero-order valence-electron chi connectivity index (χ0n) is 8.95. The molecule has 1 rings (SSSR count). The first kappa shape index (κ1) is 11.4. The molecule has 0 atom stereocenters. The molecule has 0 N–H and O–H groups in total. The molecule has 0 saturated heterocycles. The molecule has 0 unspecified atom stereocenters. The Hall–Kier alpha value is -0.630. The predicted molar refractivity (Wildman–Crippen MR) is 61.7 cm³/mol. The fraction of sp³-hybridized carbons (Fsp3) is 0.583. The highest BCUT2D eigenvalue weighted by molar-refractivity contribution is 7.07. The summed E-state index contributed by atoms with van der Waals surface area (Å²) in [6, 6.07) is 2.10. The predicted octanol–water partition coefficient (Wildman–Crippen LogP) is 3.69. The van der Waals surface area contributed by atoms with E-state index >= 15 is 0 Å². The van der Waals surface area contributed by atoms with Gasteiger partial charge in [-0.25, -0.2) is 0 Å². The first-order valence-corrected chi connectivity index (χ1v) is 6.15. The van der Waals surface area contributed by atoms with Crippen molar-refractivity contribution in [3.8, 4) is 0 Å². The quantitative estimate of drug-likeness (QED) is 0.700. The van der Waals surface area contributed by atoms with E-state index in [2.05, 4.69) is 30.7 Å². The molecule has 0 aliphatic heterocycles. The summed E-state index contributed by atoms with van der Waals surface area (Å²) < 4.78 is 0. The van der Waals surface area contributed by atoms with Gasteiger partial charge in [-0.3, -0.25) is 4.79 Å². The van der Waals surface area contributed by atoms with Crippen molar-refractivity contribution in [3.05, 3.63) is 22.4 Å². The van der Waals surface area contributed by atoms with Gasteiger partial charge in [-0.05, 0) is 41.1 Å². The Balaban J connectivity index is 2.15. The number of ketones is 1. The SMILES string of the molecule is CC(C)CCC(=O)CCc1ccsc1. The van der Waals surface area contributed by atoms with Crippen LogP contribution in [-0.2, 0) is 11.2 Å². The maximum Gasteiger partial charge on any atom is 0.133 e. The van der Waals surface area contributed by atoms with Crippen LogP contribution in [-0.4, -0.2) is 5.78 Å². The Labute approximate surface area is 90.2 Å². The van der Waals surface area contributed by atoms with Gasteiger partial charge in [0.2, 0.25) is 0 Å². The van der Waals surface area contributed by atoms with Crippen LogP contribution in [0.25, 0.3) is 0 Å². The van der Waals surface area contributed by atoms with Crippen molar-refractivity contribution in [2.24, 2.45) is 5.92 Å². The van der Waals surface area contributed by atoms with E-state index in [1.807, 2.05) is 0 Å². The van der Waals surface area contributed by atoms with E-state index in [0.29, 0.717) is 18.1 Å². The normalized spacial score (nSPS) is 10.8. The maximum absolute atomic E-state index is 11.4. The largest absolute Gasteiger partial charge is 0.300 e. The molecule has 0 aliphatic rings. The van der Waals surface area contributed by atoms with Gasteiger partial charge in [-0.2, -0.15) is 11.3 Å². The second-order valence-electron chi connectivity index (χ2n) is 4.10. The Morgan fingerprint density at radius 3 is 2.79 bits per heavy atom. The molecule has 1 nitrogen and oxygen atoms in total. The summed E-state index contributed by atoms with van der Waals surface area (Å²) in [5.74, 6) is 1.05. The number of hydrogen-bond donors (Lipinski definition) is 0. The molecule has 1 aromatic heterocycles. The summed E-state index contributed by atoms with van der Waals surface area (Å²) in [7, 11) is 0. The van der Waals surface area contributed by atoms with Gasteiger partial charge >= 0.3 is 0 Å². The van der Waals surface area contributed by atoms with Crippen molar-refractivity contribution in [1.82, 2.24) is 0 Å². The summed E-state index contributed by atoms with van der Waals surface area (Å²) >= 11 is 1.70. The van der Waals surface area contributed by atoms with Gasteiger partial charge in [0.05, 0.1) is 0 Å². The third-order valence-electron chi connectivity index (χ3n) is 2.27. The van der Waals surface area contributed by atoms with Crippen LogP contribution < -0.4 is 0 Å². The molecule has 0 bridgehead atoms. The van der Waals surface area contributed by atoms with Gasteiger partial charge < -0.3 is 0 Å². The highest BCUT2D eigenvalue weighted by atomic mass is 32.1. The third-order valence-corrected chi connectivity index (χ3v) is 3.01. The van der Waals surface area contributed by atoms with E-state index in [0.717, 1.165) is 19.3 Å². The zero-order valence-corrected chi connectivity index (χ0v) is 9.77. The molecule has 1 heterocycles. The molecule has 0 aromatic carbocycles. The Bertz CT molecular complexity index is 262. The molecule has 0 spiro atoms. The lowest BCUT2D eigenvalue weighted by molar-refractivity contribution is -0.119. The van der Waals surface area contributed by atoms with Gasteiger partial charge in [-0.1, -0.05) is 13.8 Å². The van der Waals surface area contributed by atoms with Crippen LogP contribution in [0, 0.1) is 5.92 Å². The first-order valence-electron chi connectivity index (χ1n) is 5.21. The number of thiophene rings is 1. The van der Waals surface area contributed by atoms with E-state index in [4.69, 9.17) is 0 Å². The second-order valence-corrected chi connectivity index (χ2v) is 4.88. The lowest BCUT2D eigenvalue weighted by Crippen LogP contribution is -2.01. The fourth-order valence-electron chi connectivity index (χ4n) is 1.29. The van der Waals surface area contributed by atoms with Crippen LogP contribution in [0.4, 0.5) is 0 Å². The number of aryl methyl sites for hydroxylation is 1. The van der Waals surface area contributed by atoms with E-state index in [9.17, 15) is 4.79 Å². The minimum Gasteiger partial charge on any atom is -0.300 e. The van der Waals surface area contributed by atoms with Crippen LogP contribution in [0.3, 0.4) is 0 Å². The lowest BCUT2D eigenvalue weighted by atomic mass is 10.0. The molecule has 78 valence electrons. The first-order chi connectivity index (χ1) is 6.68. The molecule has 0 radical (unpaired) electrons. The maximum atomic E-state index is 11.4. The van der Waals surface area contributed by atoms with Crippen LogP contribution in [0.1, 0.15) is 38.7 Å². The fourth-order valence-corrected chi connectivity index (χ4v) is 2.00. The number of carbonyl (C=O) groups is 1. The minimum atomic E-state index is 0.407. The summed E-state index contributed by atoms with van der Waals surface area (Å²) in [4.78, 5) is 11.4. The van der Waals surface area contributed by atoms with Crippen molar-refractivity contribution in [2.45, 2.75) is 39.5 Å². The van der Waals surface area contributed by atoms with Crippen molar-refractivity contribution >= 4 is 17.1 Å². The Morgan fingerprint density at radius 1 is 1.43 bits per heavy atom. The van der Waals surface area contributed by atoms with Gasteiger partial charge in [0.1, 0.15) is 5.78 Å². The van der Waals surface area contributed by atoms with Crippen LogP contribution in [0.15, 0.2) is 16.8 Å². The highest BCUT2D eigenvalue weighted by Crippen LogP contribution is 2.11. The average molecular weight is 210 g/mol. The van der Waals surface area contributed by atoms with Gasteiger partial charge in [0.15, 0.2) is 0 Å². The van der Waals surface area contributed by atoms with Crippen LogP contribution in [0.5, 0.6) is 0 Å². The van der Waals surface area contributed by atoms with E-state index in [1.54, 1.807) is 11.3 Å². The lowest BCUT2D eigenvalue weighted by Gasteiger charge is -2.02. The topological polar surface area (TPSA) is 17.1 Å². The molecule has 14 heavy (non-hydrogen) atoms. The minimum absolute atomic E-state index is 0.407. The number of Topliss-reactive ketones (excluding diaryl/α,β-unsaturated/α-hetero) is 1. The average Bonchev–Trinajstić information content (AvgIpc) is 2.63. The molecule has 0 fully saturated rings. The van der Waals surface area contributed by atoms with E-state index in [-0.39, 0.29) is 0 Å². The zero-order chi connectivity index (χ0) is 10.4. The highest BCUT2D eigenvalue weighted by Gasteiger charge is 2.04.